The summed E-state index contributed by atoms with van der Waals surface area (Å²) in [5.41, 5.74) is 5.13. The molecule has 0 aromatic carbocycles. The molecule has 0 bridgehead atoms. The van der Waals surface area contributed by atoms with Crippen LogP contribution in [0.3, 0.4) is 0 Å². The fraction of sp³-hybridized carbons (Fsp3) is 0.500. The highest BCUT2D eigenvalue weighted by atomic mass is 35.5. The second-order valence-corrected chi connectivity index (χ2v) is 4.62. The number of amides is 1. The molecule has 5 heteroatoms. The van der Waals surface area contributed by atoms with Crippen molar-refractivity contribution in [1.82, 2.24) is 5.32 Å². The van der Waals surface area contributed by atoms with Gasteiger partial charge in [0.1, 0.15) is 0 Å². The van der Waals surface area contributed by atoms with Gasteiger partial charge in [0.2, 0.25) is 5.91 Å². The molecule has 1 amide bonds. The summed E-state index contributed by atoms with van der Waals surface area (Å²) in [6, 6.07) is 3.99. The van der Waals surface area contributed by atoms with E-state index in [1.807, 2.05) is 17.5 Å². The lowest BCUT2D eigenvalue weighted by molar-refractivity contribution is -0.124. The third kappa shape index (κ3) is 2.17. The number of primary amides is 1. The van der Waals surface area contributed by atoms with Gasteiger partial charge in [0, 0.05) is 4.88 Å². The monoisotopic (exact) mass is 246 g/mol. The van der Waals surface area contributed by atoms with Gasteiger partial charge in [0.05, 0.1) is 5.41 Å². The first-order valence-electron chi connectivity index (χ1n) is 4.80. The Morgan fingerprint density at radius 3 is 2.60 bits per heavy atom. The predicted molar refractivity (Wildman–Crippen MR) is 64.5 cm³/mol. The Kier molecular flexibility index (Phi) is 4.13. The Morgan fingerprint density at radius 1 is 1.47 bits per heavy atom. The third-order valence-corrected chi connectivity index (χ3v) is 4.00. The van der Waals surface area contributed by atoms with E-state index in [2.05, 4.69) is 5.32 Å². The van der Waals surface area contributed by atoms with Crippen LogP contribution in [0.2, 0.25) is 0 Å². The summed E-state index contributed by atoms with van der Waals surface area (Å²) < 4.78 is 0. The maximum absolute atomic E-state index is 11.6. The summed E-state index contributed by atoms with van der Waals surface area (Å²) in [7, 11) is 0. The van der Waals surface area contributed by atoms with Crippen molar-refractivity contribution in [2.45, 2.75) is 18.3 Å². The number of piperidine rings is 1. The van der Waals surface area contributed by atoms with Gasteiger partial charge in [-0.2, -0.15) is 0 Å². The maximum Gasteiger partial charge on any atom is 0.229 e. The Bertz CT molecular complexity index is 320. The van der Waals surface area contributed by atoms with Crippen LogP contribution in [0.1, 0.15) is 17.7 Å². The summed E-state index contributed by atoms with van der Waals surface area (Å²) in [5.74, 6) is -0.179. The van der Waals surface area contributed by atoms with Crippen molar-refractivity contribution in [1.29, 1.82) is 0 Å². The molecule has 0 radical (unpaired) electrons. The molecule has 2 rings (SSSR count). The maximum atomic E-state index is 11.6. The second-order valence-electron chi connectivity index (χ2n) is 3.67. The number of thiophene rings is 1. The van der Waals surface area contributed by atoms with Crippen LogP contribution in [0.5, 0.6) is 0 Å². The standard InChI is InChI=1S/C10H14N2OS.ClH/c11-9(13)10(3-5-12-6-4-10)8-2-1-7-14-8;/h1-2,7,12H,3-6H2,(H2,11,13);1H. The van der Waals surface area contributed by atoms with Crippen molar-refractivity contribution in [3.8, 4) is 0 Å². The molecule has 1 aliphatic rings. The molecule has 84 valence electrons. The van der Waals surface area contributed by atoms with Crippen molar-refractivity contribution in [2.24, 2.45) is 5.73 Å². The first-order chi connectivity index (χ1) is 6.76. The Morgan fingerprint density at radius 2 is 2.13 bits per heavy atom. The molecule has 1 fully saturated rings. The Labute approximate surface area is 99.5 Å². The molecule has 3 N–H and O–H groups in total. The van der Waals surface area contributed by atoms with Crippen LogP contribution in [0, 0.1) is 0 Å². The van der Waals surface area contributed by atoms with Crippen LogP contribution in [-0.4, -0.2) is 19.0 Å². The summed E-state index contributed by atoms with van der Waals surface area (Å²) in [4.78, 5) is 12.7. The van der Waals surface area contributed by atoms with E-state index in [0.717, 1.165) is 30.8 Å². The molecule has 1 saturated heterocycles. The fourth-order valence-corrected chi connectivity index (χ4v) is 3.01. The molecule has 1 aromatic rings. The molecule has 1 aromatic heterocycles. The zero-order valence-corrected chi connectivity index (χ0v) is 10.00. The van der Waals surface area contributed by atoms with E-state index in [-0.39, 0.29) is 18.3 Å². The highest BCUT2D eigenvalue weighted by Gasteiger charge is 2.40. The van der Waals surface area contributed by atoms with E-state index in [1.54, 1.807) is 11.3 Å². The molecule has 0 aliphatic carbocycles. The van der Waals surface area contributed by atoms with Gasteiger partial charge in [0.15, 0.2) is 0 Å². The minimum Gasteiger partial charge on any atom is -0.369 e. The number of carbonyl (C=O) groups excluding carboxylic acids is 1. The number of rotatable bonds is 2. The zero-order chi connectivity index (χ0) is 10.0. The normalized spacial score (nSPS) is 19.2. The van der Waals surface area contributed by atoms with Crippen molar-refractivity contribution in [2.75, 3.05) is 13.1 Å². The van der Waals surface area contributed by atoms with E-state index >= 15 is 0 Å². The molecule has 3 nitrogen and oxygen atoms in total. The summed E-state index contributed by atoms with van der Waals surface area (Å²) in [6.45, 7) is 1.75. The first-order valence-corrected chi connectivity index (χ1v) is 5.68. The number of hydrogen-bond donors (Lipinski definition) is 2. The van der Waals surface area contributed by atoms with Crippen LogP contribution in [-0.2, 0) is 10.2 Å². The highest BCUT2D eigenvalue weighted by Crippen LogP contribution is 2.35. The van der Waals surface area contributed by atoms with Crippen LogP contribution < -0.4 is 11.1 Å². The molecular weight excluding hydrogens is 232 g/mol. The fourth-order valence-electron chi connectivity index (χ4n) is 2.02. The number of halogens is 1. The van der Waals surface area contributed by atoms with Crippen LogP contribution >= 0.6 is 23.7 Å². The van der Waals surface area contributed by atoms with Gasteiger partial charge >= 0.3 is 0 Å². The van der Waals surface area contributed by atoms with E-state index < -0.39 is 5.41 Å². The summed E-state index contributed by atoms with van der Waals surface area (Å²) in [6.07, 6.45) is 1.64. The second kappa shape index (κ2) is 4.96. The van der Waals surface area contributed by atoms with Gasteiger partial charge in [0.25, 0.3) is 0 Å². The average Bonchev–Trinajstić information content (AvgIpc) is 2.72. The average molecular weight is 247 g/mol. The lowest BCUT2D eigenvalue weighted by atomic mass is 9.77. The molecule has 2 heterocycles. The van der Waals surface area contributed by atoms with Gasteiger partial charge in [-0.3, -0.25) is 4.79 Å². The molecular formula is C10H15ClN2OS. The van der Waals surface area contributed by atoms with Crippen molar-refractivity contribution in [3.63, 3.8) is 0 Å². The van der Waals surface area contributed by atoms with Crippen molar-refractivity contribution < 1.29 is 4.79 Å². The Balaban J connectivity index is 0.00000112. The number of carbonyl (C=O) groups is 1. The molecule has 15 heavy (non-hydrogen) atoms. The van der Waals surface area contributed by atoms with Crippen molar-refractivity contribution in [3.05, 3.63) is 22.4 Å². The van der Waals surface area contributed by atoms with Crippen LogP contribution in [0.4, 0.5) is 0 Å². The van der Waals surface area contributed by atoms with Crippen LogP contribution in [0.25, 0.3) is 0 Å². The van der Waals surface area contributed by atoms with Gasteiger partial charge in [-0.15, -0.1) is 23.7 Å². The highest BCUT2D eigenvalue weighted by molar-refractivity contribution is 7.10. The number of nitrogens with one attached hydrogen (secondary N) is 1. The SMILES string of the molecule is Cl.NC(=O)C1(c2cccs2)CCNCC1. The Hall–Kier alpha value is -0.580. The number of hydrogen-bond acceptors (Lipinski definition) is 3. The minimum absolute atomic E-state index is 0. The topological polar surface area (TPSA) is 55.1 Å². The van der Waals surface area contributed by atoms with Gasteiger partial charge < -0.3 is 11.1 Å². The molecule has 0 unspecified atom stereocenters. The van der Waals surface area contributed by atoms with E-state index in [9.17, 15) is 4.79 Å². The molecule has 1 aliphatic heterocycles. The van der Waals surface area contributed by atoms with Gasteiger partial charge in [-0.05, 0) is 37.4 Å². The summed E-state index contributed by atoms with van der Waals surface area (Å²) >= 11 is 1.63. The molecule has 0 spiro atoms. The minimum atomic E-state index is -0.403. The van der Waals surface area contributed by atoms with Gasteiger partial charge in [-0.1, -0.05) is 6.07 Å². The van der Waals surface area contributed by atoms with Gasteiger partial charge in [-0.25, -0.2) is 0 Å². The lowest BCUT2D eigenvalue weighted by Crippen LogP contribution is -2.48. The van der Waals surface area contributed by atoms with E-state index in [0.29, 0.717) is 0 Å². The van der Waals surface area contributed by atoms with Crippen LogP contribution in [0.15, 0.2) is 17.5 Å². The lowest BCUT2D eigenvalue weighted by Gasteiger charge is -2.33. The van der Waals surface area contributed by atoms with E-state index in [1.165, 1.54) is 0 Å². The smallest absolute Gasteiger partial charge is 0.229 e. The quantitative estimate of drug-likeness (QED) is 0.826. The third-order valence-electron chi connectivity index (χ3n) is 2.92. The first kappa shape index (κ1) is 12.5. The van der Waals surface area contributed by atoms with Crippen molar-refractivity contribution >= 4 is 29.7 Å². The molecule has 0 atom stereocenters. The molecule has 0 saturated carbocycles. The zero-order valence-electron chi connectivity index (χ0n) is 8.36. The van der Waals surface area contributed by atoms with E-state index in [4.69, 9.17) is 5.73 Å². The largest absolute Gasteiger partial charge is 0.369 e. The summed E-state index contributed by atoms with van der Waals surface area (Å²) in [5, 5.41) is 5.26. The predicted octanol–water partition coefficient (Wildman–Crippen LogP) is 1.28. The number of nitrogens with two attached hydrogens (primary N) is 1.